The number of rotatable bonds is 2. The summed E-state index contributed by atoms with van der Waals surface area (Å²) in [4.78, 5) is 0. The maximum absolute atomic E-state index is 11.6. The first-order valence-corrected chi connectivity index (χ1v) is 2.02. The van der Waals surface area contributed by atoms with Gasteiger partial charge in [0.2, 0.25) is 0 Å². The van der Waals surface area contributed by atoms with Crippen LogP contribution in [0.3, 0.4) is 0 Å². The fraction of sp³-hybridized carbons (Fsp3) is 0.600. The highest BCUT2D eigenvalue weighted by molar-refractivity contribution is 4.68. The largest absolute Gasteiger partial charge is 0.247 e. The highest BCUT2D eigenvalue weighted by Gasteiger charge is 1.87. The molecule has 36 valence electrons. The number of halogens is 1. The Kier molecular flexibility index (Phi) is 2.73. The van der Waals surface area contributed by atoms with Crippen molar-refractivity contribution in [2.75, 3.05) is 0 Å². The first-order valence-electron chi connectivity index (χ1n) is 2.02. The van der Waals surface area contributed by atoms with Crippen LogP contribution in [0, 0.1) is 0 Å². The molecule has 0 amide bonds. The van der Waals surface area contributed by atoms with Crippen LogP contribution < -0.4 is 0 Å². The maximum Gasteiger partial charge on any atom is 0.101 e. The molecule has 0 aromatic rings. The minimum absolute atomic E-state index is 0.472. The van der Waals surface area contributed by atoms with Crippen LogP contribution in [0.2, 0.25) is 0 Å². The van der Waals surface area contributed by atoms with Crippen LogP contribution in [0.1, 0.15) is 13.3 Å². The van der Waals surface area contributed by atoms with E-state index in [9.17, 15) is 4.39 Å². The minimum atomic E-state index is -0.720. The van der Waals surface area contributed by atoms with Gasteiger partial charge in [0.05, 0.1) is 0 Å². The van der Waals surface area contributed by atoms with Crippen molar-refractivity contribution >= 4 is 0 Å². The van der Waals surface area contributed by atoms with E-state index in [2.05, 4.69) is 6.58 Å². The van der Waals surface area contributed by atoms with Crippen molar-refractivity contribution in [3.8, 4) is 0 Å². The molecular weight excluding hydrogens is 79.1 g/mol. The van der Waals surface area contributed by atoms with E-state index in [0.29, 0.717) is 6.42 Å². The highest BCUT2D eigenvalue weighted by Crippen LogP contribution is 1.93. The zero-order chi connectivity index (χ0) is 4.99. The Labute approximate surface area is 37.7 Å². The summed E-state index contributed by atoms with van der Waals surface area (Å²) in [6, 6.07) is 0. The lowest BCUT2D eigenvalue weighted by Crippen LogP contribution is -1.85. The SMILES string of the molecule is C=CCC(C)F. The molecule has 0 N–H and O–H groups in total. The van der Waals surface area contributed by atoms with Crippen LogP contribution in [0.5, 0.6) is 0 Å². The summed E-state index contributed by atoms with van der Waals surface area (Å²) in [5.41, 5.74) is 0. The third-order valence-electron chi connectivity index (χ3n) is 0.491. The second kappa shape index (κ2) is 2.88. The molecule has 0 aromatic heterocycles. The lowest BCUT2D eigenvalue weighted by atomic mass is 10.3. The van der Waals surface area contributed by atoms with E-state index in [1.54, 1.807) is 6.08 Å². The number of hydrogen-bond donors (Lipinski definition) is 0. The summed E-state index contributed by atoms with van der Waals surface area (Å²) >= 11 is 0. The number of alkyl halides is 1. The second-order valence-electron chi connectivity index (χ2n) is 1.31. The molecule has 0 rings (SSSR count). The Bertz CT molecular complexity index is 39.2. The van der Waals surface area contributed by atoms with Crippen LogP contribution >= 0.6 is 0 Å². The molecule has 0 aromatic carbocycles. The molecule has 1 atom stereocenters. The predicted octanol–water partition coefficient (Wildman–Crippen LogP) is 1.92. The molecule has 1 unspecified atom stereocenters. The maximum atomic E-state index is 11.6. The standard InChI is InChI=1S/C5H9F/c1-3-4-5(2)6/h3,5H,1,4H2,2H3. The Balaban J connectivity index is 2.81. The van der Waals surface area contributed by atoms with Gasteiger partial charge in [-0.25, -0.2) is 4.39 Å². The van der Waals surface area contributed by atoms with E-state index >= 15 is 0 Å². The molecule has 0 aliphatic heterocycles. The van der Waals surface area contributed by atoms with Gasteiger partial charge in [-0.3, -0.25) is 0 Å². The van der Waals surface area contributed by atoms with Gasteiger partial charge in [0.1, 0.15) is 6.17 Å². The molecular formula is C5H9F. The quantitative estimate of drug-likeness (QED) is 0.452. The molecule has 6 heavy (non-hydrogen) atoms. The number of hydrogen-bond acceptors (Lipinski definition) is 0. The van der Waals surface area contributed by atoms with Gasteiger partial charge in [-0.2, -0.15) is 0 Å². The van der Waals surface area contributed by atoms with Gasteiger partial charge < -0.3 is 0 Å². The second-order valence-corrected chi connectivity index (χ2v) is 1.31. The Morgan fingerprint density at radius 1 is 2.00 bits per heavy atom. The molecule has 0 aliphatic rings. The van der Waals surface area contributed by atoms with E-state index in [4.69, 9.17) is 0 Å². The van der Waals surface area contributed by atoms with Gasteiger partial charge in [-0.1, -0.05) is 6.08 Å². The van der Waals surface area contributed by atoms with Crippen molar-refractivity contribution in [3.05, 3.63) is 12.7 Å². The molecule has 0 aliphatic carbocycles. The van der Waals surface area contributed by atoms with Gasteiger partial charge in [-0.15, -0.1) is 6.58 Å². The van der Waals surface area contributed by atoms with Gasteiger partial charge in [-0.05, 0) is 13.3 Å². The Morgan fingerprint density at radius 3 is 2.50 bits per heavy atom. The fourth-order valence-corrected chi connectivity index (χ4v) is 0.230. The summed E-state index contributed by atoms with van der Waals surface area (Å²) < 4.78 is 11.6. The van der Waals surface area contributed by atoms with Crippen LogP contribution in [0.4, 0.5) is 4.39 Å². The summed E-state index contributed by atoms with van der Waals surface area (Å²) in [6.45, 7) is 4.88. The molecule has 0 saturated heterocycles. The van der Waals surface area contributed by atoms with E-state index < -0.39 is 6.17 Å². The molecule has 0 bridgehead atoms. The van der Waals surface area contributed by atoms with Gasteiger partial charge in [0.15, 0.2) is 0 Å². The van der Waals surface area contributed by atoms with Crippen LogP contribution in [-0.2, 0) is 0 Å². The summed E-state index contributed by atoms with van der Waals surface area (Å²) in [6.07, 6.45) is 1.33. The lowest BCUT2D eigenvalue weighted by molar-refractivity contribution is 0.365. The molecule has 0 heterocycles. The minimum Gasteiger partial charge on any atom is -0.247 e. The van der Waals surface area contributed by atoms with Crippen molar-refractivity contribution in [2.24, 2.45) is 0 Å². The van der Waals surface area contributed by atoms with Crippen molar-refractivity contribution in [1.29, 1.82) is 0 Å². The van der Waals surface area contributed by atoms with E-state index in [0.717, 1.165) is 0 Å². The van der Waals surface area contributed by atoms with Gasteiger partial charge in [0.25, 0.3) is 0 Å². The average Bonchev–Trinajstić information content (AvgIpc) is 1.35. The van der Waals surface area contributed by atoms with E-state index in [1.165, 1.54) is 6.92 Å². The Hall–Kier alpha value is -0.330. The lowest BCUT2D eigenvalue weighted by Gasteiger charge is -1.88. The first kappa shape index (κ1) is 5.67. The molecule has 0 fully saturated rings. The Morgan fingerprint density at radius 2 is 2.50 bits per heavy atom. The normalized spacial score (nSPS) is 13.7. The monoisotopic (exact) mass is 88.1 g/mol. The molecule has 1 heteroatoms. The third kappa shape index (κ3) is 3.67. The van der Waals surface area contributed by atoms with Crippen molar-refractivity contribution in [1.82, 2.24) is 0 Å². The van der Waals surface area contributed by atoms with Crippen molar-refractivity contribution < 1.29 is 4.39 Å². The van der Waals surface area contributed by atoms with Crippen molar-refractivity contribution in [2.45, 2.75) is 19.5 Å². The highest BCUT2D eigenvalue weighted by atomic mass is 19.1. The zero-order valence-electron chi connectivity index (χ0n) is 3.95. The van der Waals surface area contributed by atoms with Crippen molar-refractivity contribution in [3.63, 3.8) is 0 Å². The van der Waals surface area contributed by atoms with Crippen LogP contribution in [0.25, 0.3) is 0 Å². The molecule has 0 nitrogen and oxygen atoms in total. The smallest absolute Gasteiger partial charge is 0.101 e. The van der Waals surface area contributed by atoms with Crippen LogP contribution in [0.15, 0.2) is 12.7 Å². The summed E-state index contributed by atoms with van der Waals surface area (Å²) in [5.74, 6) is 0. The zero-order valence-corrected chi connectivity index (χ0v) is 3.95. The average molecular weight is 88.1 g/mol. The number of allylic oxidation sites excluding steroid dienone is 1. The summed E-state index contributed by atoms with van der Waals surface area (Å²) in [5, 5.41) is 0. The van der Waals surface area contributed by atoms with E-state index in [1.807, 2.05) is 0 Å². The van der Waals surface area contributed by atoms with Gasteiger partial charge >= 0.3 is 0 Å². The first-order chi connectivity index (χ1) is 2.77. The topological polar surface area (TPSA) is 0 Å². The molecule has 0 radical (unpaired) electrons. The van der Waals surface area contributed by atoms with Crippen LogP contribution in [-0.4, -0.2) is 6.17 Å². The van der Waals surface area contributed by atoms with E-state index in [-0.39, 0.29) is 0 Å². The third-order valence-corrected chi connectivity index (χ3v) is 0.491. The molecule has 0 spiro atoms. The summed E-state index contributed by atoms with van der Waals surface area (Å²) in [7, 11) is 0. The fourth-order valence-electron chi connectivity index (χ4n) is 0.230. The van der Waals surface area contributed by atoms with Gasteiger partial charge in [0, 0.05) is 0 Å². The predicted molar refractivity (Wildman–Crippen MR) is 25.4 cm³/mol. The molecule has 0 saturated carbocycles.